The minimum Gasteiger partial charge on any atom is -0.393 e. The van der Waals surface area contributed by atoms with Gasteiger partial charge in [0.05, 0.1) is 17.3 Å². The summed E-state index contributed by atoms with van der Waals surface area (Å²) in [5.41, 5.74) is 5.14. The van der Waals surface area contributed by atoms with Crippen LogP contribution in [0, 0.1) is 11.7 Å². The summed E-state index contributed by atoms with van der Waals surface area (Å²) >= 11 is 0. The molecule has 0 radical (unpaired) electrons. The quantitative estimate of drug-likeness (QED) is 0.468. The molecule has 1 fully saturated rings. The minimum absolute atomic E-state index is 0.00276. The Bertz CT molecular complexity index is 1120. The normalized spacial score (nSPS) is 16.0. The number of rotatable bonds is 8. The number of hydrogen-bond donors (Lipinski definition) is 1. The first-order chi connectivity index (χ1) is 14.9. The number of para-hydroxylation sites is 1. The van der Waals surface area contributed by atoms with Crippen LogP contribution in [0.25, 0.3) is 28.1 Å². The van der Waals surface area contributed by atoms with Crippen molar-refractivity contribution in [2.24, 2.45) is 5.92 Å². The molecule has 31 heavy (non-hydrogen) atoms. The van der Waals surface area contributed by atoms with Gasteiger partial charge >= 0.3 is 0 Å². The number of aliphatic hydroxyl groups is 1. The zero-order valence-electron chi connectivity index (χ0n) is 18.0. The van der Waals surface area contributed by atoms with Crippen molar-refractivity contribution in [3.05, 3.63) is 71.7 Å². The minimum atomic E-state index is -0.633. The maximum Gasteiger partial charge on any atom is 0.132 e. The number of benzene rings is 2. The van der Waals surface area contributed by atoms with Crippen molar-refractivity contribution in [2.45, 2.75) is 51.6 Å². The number of Topliss-reactive ketones (excluding diaryl/α,β-unsaturated/α-hetero) is 1. The van der Waals surface area contributed by atoms with E-state index >= 15 is 0 Å². The third-order valence-corrected chi connectivity index (χ3v) is 5.81. The molecule has 160 valence electrons. The van der Waals surface area contributed by atoms with Crippen LogP contribution >= 0.6 is 0 Å². The Morgan fingerprint density at radius 2 is 1.90 bits per heavy atom. The molecule has 3 aromatic rings. The van der Waals surface area contributed by atoms with Crippen LogP contribution in [0.2, 0.25) is 0 Å². The SMILES string of the molecule is CC(=O)C[C@H](O)C[C@H](C)/C=C/c1c(C2CC2)nc2ccccc2c1-c1ccc(F)cc1. The number of fused-ring (bicyclic) bond motifs is 1. The van der Waals surface area contributed by atoms with E-state index in [1.54, 1.807) is 0 Å². The lowest BCUT2D eigenvalue weighted by atomic mass is 9.91. The summed E-state index contributed by atoms with van der Waals surface area (Å²) in [6.07, 6.45) is 6.53. The van der Waals surface area contributed by atoms with Gasteiger partial charge in [-0.05, 0) is 55.9 Å². The molecule has 4 rings (SSSR count). The lowest BCUT2D eigenvalue weighted by Crippen LogP contribution is -2.14. The van der Waals surface area contributed by atoms with Gasteiger partial charge in [0.1, 0.15) is 11.6 Å². The van der Waals surface area contributed by atoms with Crippen molar-refractivity contribution in [1.29, 1.82) is 0 Å². The van der Waals surface area contributed by atoms with Crippen molar-refractivity contribution in [1.82, 2.24) is 4.98 Å². The van der Waals surface area contributed by atoms with E-state index in [1.807, 2.05) is 37.3 Å². The summed E-state index contributed by atoms with van der Waals surface area (Å²) in [5, 5.41) is 11.2. The molecule has 0 unspecified atom stereocenters. The highest BCUT2D eigenvalue weighted by Crippen LogP contribution is 2.45. The average Bonchev–Trinajstić information content (AvgIpc) is 3.56. The molecule has 2 atom stereocenters. The number of halogens is 1. The molecule has 3 nitrogen and oxygen atoms in total. The number of pyridine rings is 1. The summed E-state index contributed by atoms with van der Waals surface area (Å²) in [6, 6.07) is 14.7. The van der Waals surface area contributed by atoms with E-state index in [-0.39, 0.29) is 23.9 Å². The van der Waals surface area contributed by atoms with E-state index < -0.39 is 6.10 Å². The molecular weight excluding hydrogens is 389 g/mol. The van der Waals surface area contributed by atoms with Crippen LogP contribution in [-0.4, -0.2) is 22.0 Å². The first-order valence-electron chi connectivity index (χ1n) is 11.0. The lowest BCUT2D eigenvalue weighted by Gasteiger charge is -2.17. The summed E-state index contributed by atoms with van der Waals surface area (Å²) in [6.45, 7) is 3.55. The first-order valence-corrected chi connectivity index (χ1v) is 11.0. The number of allylic oxidation sites excluding steroid dienone is 1. The summed E-state index contributed by atoms with van der Waals surface area (Å²) in [5.74, 6) is 0.294. The lowest BCUT2D eigenvalue weighted by molar-refractivity contribution is -0.118. The molecule has 4 heteroatoms. The highest BCUT2D eigenvalue weighted by Gasteiger charge is 2.29. The molecule has 0 amide bonds. The van der Waals surface area contributed by atoms with Gasteiger partial charge in [-0.2, -0.15) is 0 Å². The van der Waals surface area contributed by atoms with Gasteiger partial charge in [0.25, 0.3) is 0 Å². The fourth-order valence-electron chi connectivity index (χ4n) is 4.19. The highest BCUT2D eigenvalue weighted by atomic mass is 19.1. The second kappa shape index (κ2) is 9.11. The second-order valence-corrected chi connectivity index (χ2v) is 8.72. The molecule has 1 aliphatic carbocycles. The number of nitrogens with zero attached hydrogens (tertiary/aromatic N) is 1. The van der Waals surface area contributed by atoms with Gasteiger partial charge in [-0.1, -0.05) is 49.4 Å². The summed E-state index contributed by atoms with van der Waals surface area (Å²) < 4.78 is 13.6. The fourth-order valence-corrected chi connectivity index (χ4v) is 4.19. The van der Waals surface area contributed by atoms with E-state index in [0.29, 0.717) is 12.3 Å². The van der Waals surface area contributed by atoms with E-state index in [9.17, 15) is 14.3 Å². The molecule has 0 spiro atoms. The monoisotopic (exact) mass is 417 g/mol. The van der Waals surface area contributed by atoms with Crippen LogP contribution in [0.3, 0.4) is 0 Å². The maximum atomic E-state index is 13.6. The standard InChI is InChI=1S/C27H28FNO2/c1-17(15-22(31)16-18(2)30)7-14-24-26(19-10-12-21(28)13-11-19)23-5-3-4-6-25(23)29-27(24)20-8-9-20/h3-7,10-14,17,20,22,31H,8-9,15-16H2,1-2H3/b14-7+/t17-,22-/m1/s1. The molecule has 0 saturated heterocycles. The number of ketones is 1. The Morgan fingerprint density at radius 1 is 1.19 bits per heavy atom. The van der Waals surface area contributed by atoms with Gasteiger partial charge < -0.3 is 5.11 Å². The Labute approximate surface area is 182 Å². The van der Waals surface area contributed by atoms with Crippen LogP contribution < -0.4 is 0 Å². The predicted octanol–water partition coefficient (Wildman–Crippen LogP) is 6.30. The topological polar surface area (TPSA) is 50.2 Å². The summed E-state index contributed by atoms with van der Waals surface area (Å²) in [7, 11) is 0. The molecular formula is C27H28FNO2. The zero-order valence-corrected chi connectivity index (χ0v) is 18.0. The van der Waals surface area contributed by atoms with Gasteiger partial charge in [0, 0.05) is 28.9 Å². The van der Waals surface area contributed by atoms with Crippen LogP contribution in [0.4, 0.5) is 4.39 Å². The molecule has 1 heterocycles. The number of hydrogen-bond acceptors (Lipinski definition) is 3. The maximum absolute atomic E-state index is 13.6. The van der Waals surface area contributed by atoms with Crippen molar-refractivity contribution < 1.29 is 14.3 Å². The number of carbonyl (C=O) groups is 1. The van der Waals surface area contributed by atoms with E-state index in [1.165, 1.54) is 19.1 Å². The third-order valence-electron chi connectivity index (χ3n) is 5.81. The highest BCUT2D eigenvalue weighted by molar-refractivity contribution is 5.99. The molecule has 0 bridgehead atoms. The largest absolute Gasteiger partial charge is 0.393 e. The van der Waals surface area contributed by atoms with Crippen molar-refractivity contribution in [3.63, 3.8) is 0 Å². The first kappa shape index (κ1) is 21.4. The predicted molar refractivity (Wildman–Crippen MR) is 123 cm³/mol. The van der Waals surface area contributed by atoms with E-state index in [0.717, 1.165) is 46.1 Å². The van der Waals surface area contributed by atoms with Gasteiger partial charge in [0.2, 0.25) is 0 Å². The molecule has 1 aliphatic rings. The van der Waals surface area contributed by atoms with Crippen molar-refractivity contribution >= 4 is 22.8 Å². The molecule has 0 aliphatic heterocycles. The van der Waals surface area contributed by atoms with Gasteiger partial charge in [-0.15, -0.1) is 0 Å². The van der Waals surface area contributed by atoms with E-state index in [4.69, 9.17) is 4.98 Å². The van der Waals surface area contributed by atoms with Crippen molar-refractivity contribution in [3.8, 4) is 11.1 Å². The van der Waals surface area contributed by atoms with Gasteiger partial charge in [0.15, 0.2) is 0 Å². The molecule has 1 aromatic heterocycles. The second-order valence-electron chi connectivity index (χ2n) is 8.72. The Hall–Kier alpha value is -2.85. The van der Waals surface area contributed by atoms with Crippen LogP contribution in [0.1, 0.15) is 56.7 Å². The number of aromatic nitrogens is 1. The van der Waals surface area contributed by atoms with Gasteiger partial charge in [-0.25, -0.2) is 4.39 Å². The molecule has 1 N–H and O–H groups in total. The number of carbonyl (C=O) groups excluding carboxylic acids is 1. The van der Waals surface area contributed by atoms with Crippen molar-refractivity contribution in [2.75, 3.05) is 0 Å². The Kier molecular flexibility index (Phi) is 6.28. The zero-order chi connectivity index (χ0) is 22.0. The van der Waals surface area contributed by atoms with E-state index in [2.05, 4.69) is 18.2 Å². The average molecular weight is 418 g/mol. The fraction of sp³-hybridized carbons (Fsp3) is 0.333. The van der Waals surface area contributed by atoms with Crippen LogP contribution in [-0.2, 0) is 4.79 Å². The van der Waals surface area contributed by atoms with Crippen LogP contribution in [0.5, 0.6) is 0 Å². The molecule has 1 saturated carbocycles. The number of aliphatic hydroxyl groups excluding tert-OH is 1. The molecule has 2 aromatic carbocycles. The smallest absolute Gasteiger partial charge is 0.132 e. The van der Waals surface area contributed by atoms with Gasteiger partial charge in [-0.3, -0.25) is 9.78 Å². The summed E-state index contributed by atoms with van der Waals surface area (Å²) in [4.78, 5) is 16.3. The van der Waals surface area contributed by atoms with Crippen LogP contribution in [0.15, 0.2) is 54.6 Å². The Balaban J connectivity index is 1.79. The Morgan fingerprint density at radius 3 is 2.58 bits per heavy atom. The third kappa shape index (κ3) is 5.08.